The van der Waals surface area contributed by atoms with Crippen LogP contribution in [0.15, 0.2) is 36.4 Å². The molecule has 0 radical (unpaired) electrons. The molecular weight excluding hydrogens is 376 g/mol. The number of amides is 1. The van der Waals surface area contributed by atoms with Gasteiger partial charge in [0.2, 0.25) is 0 Å². The molecule has 1 N–H and O–H groups in total. The van der Waals surface area contributed by atoms with Crippen molar-refractivity contribution in [1.82, 2.24) is 0 Å². The number of aryl methyl sites for hydroxylation is 2. The van der Waals surface area contributed by atoms with Crippen LogP contribution in [0, 0.1) is 13.8 Å². The number of anilines is 1. The monoisotopic (exact) mass is 391 g/mol. The van der Waals surface area contributed by atoms with Crippen LogP contribution >= 0.6 is 0 Å². The van der Waals surface area contributed by atoms with Crippen LogP contribution in [0.4, 0.5) is 32.0 Å². The Hall–Kier alpha value is -2.71. The van der Waals surface area contributed by atoms with E-state index in [2.05, 4.69) is 5.32 Å². The fraction of sp³-hybridized carbons (Fsp3) is 0.278. The fourth-order valence-corrected chi connectivity index (χ4v) is 2.30. The average Bonchev–Trinajstić information content (AvgIpc) is 2.54. The van der Waals surface area contributed by atoms with Crippen molar-refractivity contribution in [3.05, 3.63) is 58.7 Å². The van der Waals surface area contributed by atoms with Crippen LogP contribution < -0.4 is 10.1 Å². The van der Waals surface area contributed by atoms with Gasteiger partial charge in [-0.05, 0) is 43.7 Å². The van der Waals surface area contributed by atoms with Gasteiger partial charge in [-0.25, -0.2) is 0 Å². The van der Waals surface area contributed by atoms with Crippen LogP contribution in [0.2, 0.25) is 0 Å². The Morgan fingerprint density at radius 2 is 1.48 bits per heavy atom. The summed E-state index contributed by atoms with van der Waals surface area (Å²) in [7, 11) is 0. The van der Waals surface area contributed by atoms with E-state index in [9.17, 15) is 31.1 Å². The first-order valence-corrected chi connectivity index (χ1v) is 7.65. The number of carbonyl (C=O) groups is 1. The van der Waals surface area contributed by atoms with E-state index in [0.29, 0.717) is 17.8 Å². The minimum Gasteiger partial charge on any atom is -0.484 e. The Morgan fingerprint density at radius 3 is 1.96 bits per heavy atom. The lowest BCUT2D eigenvalue weighted by atomic mass is 10.1. The van der Waals surface area contributed by atoms with Gasteiger partial charge in [0.05, 0.1) is 11.1 Å². The predicted molar refractivity (Wildman–Crippen MR) is 86.5 cm³/mol. The Kier molecular flexibility index (Phi) is 5.72. The third kappa shape index (κ3) is 5.63. The highest BCUT2D eigenvalue weighted by Gasteiger charge is 2.37. The molecule has 2 rings (SSSR count). The van der Waals surface area contributed by atoms with E-state index in [1.807, 2.05) is 6.92 Å². The highest BCUT2D eigenvalue weighted by molar-refractivity contribution is 5.92. The molecule has 0 bridgehead atoms. The number of carbonyl (C=O) groups excluding carboxylic acids is 1. The number of alkyl halides is 6. The quantitative estimate of drug-likeness (QED) is 0.713. The van der Waals surface area contributed by atoms with Gasteiger partial charge in [-0.1, -0.05) is 17.7 Å². The highest BCUT2D eigenvalue weighted by Crippen LogP contribution is 2.38. The van der Waals surface area contributed by atoms with Crippen LogP contribution in [0.1, 0.15) is 22.3 Å². The molecule has 1 amide bonds. The molecule has 146 valence electrons. The summed E-state index contributed by atoms with van der Waals surface area (Å²) in [6, 6.07) is 6.00. The van der Waals surface area contributed by atoms with Crippen LogP contribution in [0.3, 0.4) is 0 Å². The molecule has 0 aromatic heterocycles. The van der Waals surface area contributed by atoms with E-state index < -0.39 is 41.7 Å². The molecule has 0 atom stereocenters. The predicted octanol–water partition coefficient (Wildman–Crippen LogP) is 5.36. The maximum Gasteiger partial charge on any atom is 0.416 e. The van der Waals surface area contributed by atoms with Crippen LogP contribution in [0.5, 0.6) is 5.75 Å². The van der Waals surface area contributed by atoms with Crippen molar-refractivity contribution in [2.75, 3.05) is 11.9 Å². The van der Waals surface area contributed by atoms with E-state index in [1.54, 1.807) is 25.1 Å². The van der Waals surface area contributed by atoms with Crippen LogP contribution in [-0.2, 0) is 17.1 Å². The second kappa shape index (κ2) is 7.50. The topological polar surface area (TPSA) is 38.3 Å². The third-order valence-corrected chi connectivity index (χ3v) is 3.59. The summed E-state index contributed by atoms with van der Waals surface area (Å²) in [5.74, 6) is -1.42. The highest BCUT2D eigenvalue weighted by atomic mass is 19.4. The van der Waals surface area contributed by atoms with Gasteiger partial charge in [0.15, 0.2) is 6.61 Å². The summed E-state index contributed by atoms with van der Waals surface area (Å²) in [6.07, 6.45) is -9.97. The molecule has 0 aliphatic rings. The molecule has 0 heterocycles. The Labute approximate surface area is 150 Å². The Balaban J connectivity index is 2.15. The van der Waals surface area contributed by atoms with E-state index >= 15 is 0 Å². The molecule has 9 heteroatoms. The first-order chi connectivity index (χ1) is 12.4. The minimum atomic E-state index is -4.99. The van der Waals surface area contributed by atoms with Gasteiger partial charge in [-0.15, -0.1) is 0 Å². The first-order valence-electron chi connectivity index (χ1n) is 7.65. The van der Waals surface area contributed by atoms with Crippen molar-refractivity contribution in [3.63, 3.8) is 0 Å². The summed E-state index contributed by atoms with van der Waals surface area (Å²) in [6.45, 7) is 2.85. The summed E-state index contributed by atoms with van der Waals surface area (Å²) in [4.78, 5) is 11.9. The zero-order valence-electron chi connectivity index (χ0n) is 14.3. The summed E-state index contributed by atoms with van der Waals surface area (Å²) in [5.41, 5.74) is -0.842. The lowest BCUT2D eigenvalue weighted by molar-refractivity contribution is -0.143. The van der Waals surface area contributed by atoms with Crippen molar-refractivity contribution >= 4 is 11.6 Å². The van der Waals surface area contributed by atoms with Gasteiger partial charge in [-0.3, -0.25) is 4.79 Å². The normalized spacial score (nSPS) is 12.0. The van der Waals surface area contributed by atoms with E-state index in [4.69, 9.17) is 4.74 Å². The Morgan fingerprint density at radius 1 is 0.926 bits per heavy atom. The molecule has 2 aromatic carbocycles. The van der Waals surface area contributed by atoms with Gasteiger partial charge in [0.25, 0.3) is 5.91 Å². The molecule has 0 unspecified atom stereocenters. The standard InChI is InChI=1S/C18H15F6NO2/c1-10-3-4-15(11(2)5-10)25-16(26)9-27-14-7-12(17(19,20)21)6-13(8-14)18(22,23)24/h3-8H,9H2,1-2H3,(H,25,26). The molecule has 27 heavy (non-hydrogen) atoms. The first kappa shape index (κ1) is 20.6. The number of nitrogens with one attached hydrogen (secondary N) is 1. The number of halogens is 6. The number of hydrogen-bond donors (Lipinski definition) is 1. The summed E-state index contributed by atoms with van der Waals surface area (Å²) >= 11 is 0. The fourth-order valence-electron chi connectivity index (χ4n) is 2.30. The third-order valence-electron chi connectivity index (χ3n) is 3.59. The second-order valence-corrected chi connectivity index (χ2v) is 5.90. The van der Waals surface area contributed by atoms with E-state index in [0.717, 1.165) is 11.1 Å². The zero-order valence-corrected chi connectivity index (χ0v) is 14.3. The second-order valence-electron chi connectivity index (χ2n) is 5.90. The van der Waals surface area contributed by atoms with Gasteiger partial charge in [0.1, 0.15) is 5.75 Å². The van der Waals surface area contributed by atoms with Gasteiger partial charge >= 0.3 is 12.4 Å². The number of benzene rings is 2. The van der Waals surface area contributed by atoms with Gasteiger partial charge in [0, 0.05) is 5.69 Å². The number of hydrogen-bond acceptors (Lipinski definition) is 2. The van der Waals surface area contributed by atoms with Crippen molar-refractivity contribution < 1.29 is 35.9 Å². The molecule has 0 saturated carbocycles. The van der Waals surface area contributed by atoms with E-state index in [-0.39, 0.29) is 6.07 Å². The largest absolute Gasteiger partial charge is 0.484 e. The van der Waals surface area contributed by atoms with Crippen LogP contribution in [0.25, 0.3) is 0 Å². The zero-order chi connectivity index (χ0) is 20.4. The SMILES string of the molecule is Cc1ccc(NC(=O)COc2cc(C(F)(F)F)cc(C(F)(F)F)c2)c(C)c1. The molecule has 0 aliphatic carbocycles. The van der Waals surface area contributed by atoms with Crippen molar-refractivity contribution in [1.29, 1.82) is 0 Å². The lowest BCUT2D eigenvalue weighted by Gasteiger charge is -2.15. The van der Waals surface area contributed by atoms with Crippen molar-refractivity contribution in [2.24, 2.45) is 0 Å². The average molecular weight is 391 g/mol. The van der Waals surface area contributed by atoms with E-state index in [1.165, 1.54) is 0 Å². The number of rotatable bonds is 4. The summed E-state index contributed by atoms with van der Waals surface area (Å²) in [5, 5.41) is 2.49. The van der Waals surface area contributed by atoms with Crippen molar-refractivity contribution in [2.45, 2.75) is 26.2 Å². The summed E-state index contributed by atoms with van der Waals surface area (Å²) < 4.78 is 81.6. The molecule has 0 saturated heterocycles. The molecule has 2 aromatic rings. The maximum absolute atomic E-state index is 12.8. The van der Waals surface area contributed by atoms with Crippen molar-refractivity contribution in [3.8, 4) is 5.75 Å². The van der Waals surface area contributed by atoms with Crippen LogP contribution in [-0.4, -0.2) is 12.5 Å². The minimum absolute atomic E-state index is 0.0113. The van der Waals surface area contributed by atoms with Gasteiger partial charge < -0.3 is 10.1 Å². The maximum atomic E-state index is 12.8. The molecule has 0 fully saturated rings. The number of ether oxygens (including phenoxy) is 1. The lowest BCUT2D eigenvalue weighted by Crippen LogP contribution is -2.21. The molecular formula is C18H15F6NO2. The molecule has 0 aliphatic heterocycles. The Bertz CT molecular complexity index is 810. The molecule has 0 spiro atoms. The molecule has 3 nitrogen and oxygen atoms in total. The smallest absolute Gasteiger partial charge is 0.416 e. The van der Waals surface area contributed by atoms with Gasteiger partial charge in [-0.2, -0.15) is 26.3 Å².